The first kappa shape index (κ1) is 29.2. The molecule has 3 rings (SSSR count). The summed E-state index contributed by atoms with van der Waals surface area (Å²) in [5.74, 6) is -0.514. The third kappa shape index (κ3) is 9.45. The quantitative estimate of drug-likeness (QED) is 0.249. The number of benzene rings is 2. The largest absolute Gasteiger partial charge is 0.493 e. The van der Waals surface area contributed by atoms with E-state index in [1.807, 2.05) is 39.1 Å². The fraction of sp³-hybridized carbons (Fsp3) is 0.333. The molecule has 9 heteroatoms. The van der Waals surface area contributed by atoms with E-state index in [-0.39, 0.29) is 18.2 Å². The minimum absolute atomic E-state index is 0.0864. The van der Waals surface area contributed by atoms with Crippen LogP contribution in [-0.4, -0.2) is 53.6 Å². The highest BCUT2D eigenvalue weighted by Crippen LogP contribution is 2.15. The topological polar surface area (TPSA) is 130 Å². The summed E-state index contributed by atoms with van der Waals surface area (Å²) in [6.45, 7) is 4.31. The smallest absolute Gasteiger partial charge is 0.326 e. The standard InChI is InChI=1S/C30H36N4O5/c1-20(2)18-25(33-28(35)22-8-5-4-6-9-22)29(36)34-26(30(37)38)19-21-12-14-24(15-13-21)39-17-16-23-10-7-11-27(31-3)32-23/h4-15,20,25-26H,16-19H2,1-3H3,(H,31,32)(H,33,35)(H,34,36)(H,37,38)/t25-,26-/m0/s1. The van der Waals surface area contributed by atoms with Crippen molar-refractivity contribution in [2.24, 2.45) is 5.92 Å². The van der Waals surface area contributed by atoms with Crippen molar-refractivity contribution in [3.05, 3.63) is 89.6 Å². The Hall–Kier alpha value is -4.40. The number of amides is 2. The lowest BCUT2D eigenvalue weighted by atomic mass is 10.0. The molecule has 0 fully saturated rings. The molecule has 206 valence electrons. The van der Waals surface area contributed by atoms with Crippen molar-refractivity contribution >= 4 is 23.6 Å². The minimum atomic E-state index is -1.15. The molecule has 0 unspecified atom stereocenters. The number of hydrogen-bond acceptors (Lipinski definition) is 6. The molecule has 0 aliphatic rings. The highest BCUT2D eigenvalue weighted by atomic mass is 16.5. The summed E-state index contributed by atoms with van der Waals surface area (Å²) in [5.41, 5.74) is 2.07. The monoisotopic (exact) mass is 532 g/mol. The average molecular weight is 533 g/mol. The van der Waals surface area contributed by atoms with Gasteiger partial charge in [0.1, 0.15) is 23.7 Å². The van der Waals surface area contributed by atoms with Crippen LogP contribution in [0.2, 0.25) is 0 Å². The first-order valence-corrected chi connectivity index (χ1v) is 13.0. The predicted octanol–water partition coefficient (Wildman–Crippen LogP) is 3.70. The third-order valence-electron chi connectivity index (χ3n) is 6.03. The lowest BCUT2D eigenvalue weighted by Crippen LogP contribution is -2.52. The third-order valence-corrected chi connectivity index (χ3v) is 6.03. The number of carboxylic acids is 1. The van der Waals surface area contributed by atoms with E-state index in [1.165, 1.54) is 0 Å². The van der Waals surface area contributed by atoms with Gasteiger partial charge in [-0.3, -0.25) is 9.59 Å². The average Bonchev–Trinajstić information content (AvgIpc) is 2.93. The number of ether oxygens (including phenoxy) is 1. The summed E-state index contributed by atoms with van der Waals surface area (Å²) >= 11 is 0. The van der Waals surface area contributed by atoms with E-state index >= 15 is 0 Å². The number of rotatable bonds is 14. The van der Waals surface area contributed by atoms with Gasteiger partial charge in [-0.25, -0.2) is 9.78 Å². The van der Waals surface area contributed by atoms with E-state index in [9.17, 15) is 19.5 Å². The molecule has 0 aliphatic carbocycles. The van der Waals surface area contributed by atoms with Crippen LogP contribution in [0.25, 0.3) is 0 Å². The summed E-state index contributed by atoms with van der Waals surface area (Å²) in [4.78, 5) is 42.1. The second kappa shape index (κ2) is 14.5. The number of anilines is 1. The van der Waals surface area contributed by atoms with Crippen LogP contribution in [0.4, 0.5) is 5.82 Å². The predicted molar refractivity (Wildman–Crippen MR) is 150 cm³/mol. The van der Waals surface area contributed by atoms with Gasteiger partial charge in [0.25, 0.3) is 5.91 Å². The molecule has 0 bridgehead atoms. The molecule has 0 saturated heterocycles. The lowest BCUT2D eigenvalue weighted by Gasteiger charge is -2.23. The maximum absolute atomic E-state index is 13.1. The number of aromatic nitrogens is 1. The van der Waals surface area contributed by atoms with E-state index in [4.69, 9.17) is 4.74 Å². The Labute approximate surface area is 229 Å². The SMILES string of the molecule is CNc1cccc(CCOc2ccc(C[C@H](NC(=O)[C@H](CC(C)C)NC(=O)c3ccccc3)C(=O)O)cc2)n1. The van der Waals surface area contributed by atoms with Crippen molar-refractivity contribution in [2.75, 3.05) is 19.0 Å². The van der Waals surface area contributed by atoms with Gasteiger partial charge in [-0.2, -0.15) is 0 Å². The number of nitrogens with zero attached hydrogens (tertiary/aromatic N) is 1. The molecule has 1 heterocycles. The molecular weight excluding hydrogens is 496 g/mol. The normalized spacial score (nSPS) is 12.3. The first-order chi connectivity index (χ1) is 18.7. The Kier molecular flexibility index (Phi) is 10.9. The number of carbonyl (C=O) groups is 3. The number of nitrogens with one attached hydrogen (secondary N) is 3. The van der Waals surface area contributed by atoms with Gasteiger partial charge in [0.2, 0.25) is 5.91 Å². The number of hydrogen-bond donors (Lipinski definition) is 4. The Morgan fingerprint density at radius 3 is 2.26 bits per heavy atom. The van der Waals surface area contributed by atoms with E-state index in [0.29, 0.717) is 30.8 Å². The van der Waals surface area contributed by atoms with Crippen LogP contribution in [0.5, 0.6) is 5.75 Å². The van der Waals surface area contributed by atoms with Crippen LogP contribution in [0.15, 0.2) is 72.8 Å². The van der Waals surface area contributed by atoms with Gasteiger partial charge in [-0.15, -0.1) is 0 Å². The molecule has 0 radical (unpaired) electrons. The number of carbonyl (C=O) groups excluding carboxylic acids is 2. The maximum Gasteiger partial charge on any atom is 0.326 e. The van der Waals surface area contributed by atoms with Crippen LogP contribution >= 0.6 is 0 Å². The van der Waals surface area contributed by atoms with Crippen LogP contribution in [0.3, 0.4) is 0 Å². The lowest BCUT2D eigenvalue weighted by molar-refractivity contribution is -0.142. The molecular formula is C30H36N4O5. The fourth-order valence-corrected chi connectivity index (χ4v) is 4.00. The summed E-state index contributed by atoms with van der Waals surface area (Å²) in [5, 5.41) is 18.2. The Morgan fingerprint density at radius 1 is 0.897 bits per heavy atom. The first-order valence-electron chi connectivity index (χ1n) is 13.0. The van der Waals surface area contributed by atoms with E-state index < -0.39 is 24.0 Å². The summed E-state index contributed by atoms with van der Waals surface area (Å²) < 4.78 is 5.81. The van der Waals surface area contributed by atoms with Crippen LogP contribution in [-0.2, 0) is 22.4 Å². The zero-order valence-corrected chi connectivity index (χ0v) is 22.5. The minimum Gasteiger partial charge on any atom is -0.493 e. The molecule has 0 spiro atoms. The van der Waals surface area contributed by atoms with Gasteiger partial charge in [-0.05, 0) is 54.3 Å². The van der Waals surface area contributed by atoms with Gasteiger partial charge in [0.05, 0.1) is 6.61 Å². The second-order valence-electron chi connectivity index (χ2n) is 9.63. The fourth-order valence-electron chi connectivity index (χ4n) is 4.00. The van der Waals surface area contributed by atoms with Crippen molar-refractivity contribution in [3.8, 4) is 5.75 Å². The van der Waals surface area contributed by atoms with Crippen LogP contribution in [0, 0.1) is 5.92 Å². The van der Waals surface area contributed by atoms with Crippen molar-refractivity contribution in [2.45, 2.75) is 45.2 Å². The molecule has 0 saturated carbocycles. The van der Waals surface area contributed by atoms with Gasteiger partial charge in [-0.1, -0.05) is 50.2 Å². The maximum atomic E-state index is 13.1. The van der Waals surface area contributed by atoms with E-state index in [0.717, 1.165) is 17.1 Å². The molecule has 9 nitrogen and oxygen atoms in total. The highest BCUT2D eigenvalue weighted by Gasteiger charge is 2.27. The Balaban J connectivity index is 1.57. The number of pyridine rings is 1. The molecule has 39 heavy (non-hydrogen) atoms. The zero-order chi connectivity index (χ0) is 28.2. The molecule has 4 N–H and O–H groups in total. The molecule has 3 aromatic rings. The highest BCUT2D eigenvalue weighted by molar-refractivity contribution is 5.98. The second-order valence-corrected chi connectivity index (χ2v) is 9.63. The summed E-state index contributed by atoms with van der Waals surface area (Å²) in [6.07, 6.45) is 1.10. The van der Waals surface area contributed by atoms with Crippen molar-refractivity contribution < 1.29 is 24.2 Å². The summed E-state index contributed by atoms with van der Waals surface area (Å²) in [6, 6.07) is 19.4. The van der Waals surface area contributed by atoms with Gasteiger partial charge in [0.15, 0.2) is 0 Å². The van der Waals surface area contributed by atoms with Crippen molar-refractivity contribution in [1.29, 1.82) is 0 Å². The van der Waals surface area contributed by atoms with Crippen LogP contribution in [0.1, 0.15) is 41.9 Å². The van der Waals surface area contributed by atoms with Crippen molar-refractivity contribution in [1.82, 2.24) is 15.6 Å². The molecule has 2 aromatic carbocycles. The van der Waals surface area contributed by atoms with Gasteiger partial charge in [0, 0.05) is 31.1 Å². The van der Waals surface area contributed by atoms with Crippen LogP contribution < -0.4 is 20.7 Å². The van der Waals surface area contributed by atoms with E-state index in [2.05, 4.69) is 20.9 Å². The Morgan fingerprint density at radius 2 is 1.62 bits per heavy atom. The molecule has 2 amide bonds. The number of aliphatic carboxylic acids is 1. The van der Waals surface area contributed by atoms with Gasteiger partial charge < -0.3 is 25.8 Å². The summed E-state index contributed by atoms with van der Waals surface area (Å²) in [7, 11) is 1.82. The zero-order valence-electron chi connectivity index (χ0n) is 22.5. The molecule has 1 aromatic heterocycles. The van der Waals surface area contributed by atoms with Gasteiger partial charge >= 0.3 is 5.97 Å². The molecule has 2 atom stereocenters. The molecule has 0 aliphatic heterocycles. The Bertz CT molecular complexity index is 1230. The van der Waals surface area contributed by atoms with Crippen molar-refractivity contribution in [3.63, 3.8) is 0 Å². The number of carboxylic acid groups (broad SMARTS) is 1. The van der Waals surface area contributed by atoms with E-state index in [1.54, 1.807) is 54.6 Å².